The zero-order valence-corrected chi connectivity index (χ0v) is 14.6. The van der Waals surface area contributed by atoms with Gasteiger partial charge in [0.1, 0.15) is 0 Å². The van der Waals surface area contributed by atoms with E-state index in [1.54, 1.807) is 12.1 Å². The van der Waals surface area contributed by atoms with Crippen LogP contribution in [0.2, 0.25) is 0 Å². The van der Waals surface area contributed by atoms with Crippen molar-refractivity contribution in [3.05, 3.63) is 67.8 Å². The molecule has 0 aromatic heterocycles. The third-order valence-corrected chi connectivity index (χ3v) is 5.41. The van der Waals surface area contributed by atoms with Crippen LogP contribution in [0.3, 0.4) is 0 Å². The molecule has 1 aliphatic rings. The fourth-order valence-electron chi connectivity index (χ4n) is 4.01. The molecular formula is C19H20N2O6. The second-order valence-electron chi connectivity index (χ2n) is 6.92. The largest absolute Gasteiger partial charge is 0.502 e. The third-order valence-electron chi connectivity index (χ3n) is 5.41. The number of rotatable bonds is 4. The van der Waals surface area contributed by atoms with E-state index in [-0.39, 0.29) is 11.4 Å². The van der Waals surface area contributed by atoms with Crippen molar-refractivity contribution in [1.82, 2.24) is 0 Å². The third kappa shape index (κ3) is 3.42. The molecule has 8 heteroatoms. The van der Waals surface area contributed by atoms with E-state index in [0.717, 1.165) is 25.7 Å². The second-order valence-corrected chi connectivity index (χ2v) is 6.92. The van der Waals surface area contributed by atoms with Crippen LogP contribution in [0, 0.1) is 20.2 Å². The minimum Gasteiger partial charge on any atom is -0.502 e. The first-order valence-corrected chi connectivity index (χ1v) is 8.81. The molecule has 0 radical (unpaired) electrons. The maximum Gasteiger partial charge on any atom is 0.310 e. The Bertz CT molecular complexity index is 822. The highest BCUT2D eigenvalue weighted by molar-refractivity contribution is 5.55. The van der Waals surface area contributed by atoms with E-state index in [4.69, 9.17) is 0 Å². The number of nitro benzene ring substituents is 2. The molecule has 1 aliphatic carbocycles. The molecule has 142 valence electrons. The molecule has 1 saturated carbocycles. The number of phenolic OH excluding ortho intramolecular Hbond substituents is 2. The van der Waals surface area contributed by atoms with E-state index >= 15 is 0 Å². The molecule has 0 atom stereocenters. The molecule has 0 spiro atoms. The van der Waals surface area contributed by atoms with Crippen LogP contribution in [0.4, 0.5) is 11.4 Å². The number of nitrogens with zero attached hydrogens (tertiary/aromatic N) is 2. The Balaban J connectivity index is 2.22. The smallest absolute Gasteiger partial charge is 0.310 e. The lowest BCUT2D eigenvalue weighted by molar-refractivity contribution is -0.386. The first-order chi connectivity index (χ1) is 12.8. The zero-order valence-electron chi connectivity index (χ0n) is 14.6. The molecule has 8 nitrogen and oxygen atoms in total. The van der Waals surface area contributed by atoms with E-state index in [1.807, 2.05) is 0 Å². The first-order valence-electron chi connectivity index (χ1n) is 8.81. The van der Waals surface area contributed by atoms with Crippen molar-refractivity contribution in [1.29, 1.82) is 0 Å². The molecular weight excluding hydrogens is 352 g/mol. The van der Waals surface area contributed by atoms with Crippen LogP contribution in [0.1, 0.15) is 49.7 Å². The van der Waals surface area contributed by atoms with Gasteiger partial charge in [0.2, 0.25) is 0 Å². The quantitative estimate of drug-likeness (QED) is 0.460. The van der Waals surface area contributed by atoms with Crippen LogP contribution in [0.5, 0.6) is 11.5 Å². The SMILES string of the molecule is O=[N+]([O-])c1cc(C2(c3ccc(O)c([N+](=O)[O-])c3)CCCCCC2)ccc1O. The monoisotopic (exact) mass is 372 g/mol. The summed E-state index contributed by atoms with van der Waals surface area (Å²) >= 11 is 0. The Morgan fingerprint density at radius 3 is 1.52 bits per heavy atom. The Labute approximate surface area is 155 Å². The first kappa shape index (κ1) is 18.6. The number of hydrogen-bond donors (Lipinski definition) is 2. The van der Waals surface area contributed by atoms with Gasteiger partial charge in [-0.3, -0.25) is 20.2 Å². The van der Waals surface area contributed by atoms with Crippen molar-refractivity contribution in [2.45, 2.75) is 43.9 Å². The van der Waals surface area contributed by atoms with Crippen molar-refractivity contribution in [2.75, 3.05) is 0 Å². The van der Waals surface area contributed by atoms with Gasteiger partial charge < -0.3 is 10.2 Å². The van der Waals surface area contributed by atoms with Crippen molar-refractivity contribution in [3.63, 3.8) is 0 Å². The number of aromatic hydroxyl groups is 2. The average molecular weight is 372 g/mol. The van der Waals surface area contributed by atoms with Crippen LogP contribution in [-0.2, 0) is 5.41 Å². The van der Waals surface area contributed by atoms with Crippen LogP contribution in [0.25, 0.3) is 0 Å². The number of hydrogen-bond acceptors (Lipinski definition) is 6. The molecule has 0 heterocycles. The summed E-state index contributed by atoms with van der Waals surface area (Å²) < 4.78 is 0. The summed E-state index contributed by atoms with van der Waals surface area (Å²) in [6.07, 6.45) is 5.14. The van der Waals surface area contributed by atoms with Gasteiger partial charge in [0.25, 0.3) is 0 Å². The van der Waals surface area contributed by atoms with Gasteiger partial charge in [-0.2, -0.15) is 0 Å². The highest BCUT2D eigenvalue weighted by Crippen LogP contribution is 2.47. The second kappa shape index (κ2) is 7.22. The standard InChI is InChI=1S/C19H20N2O6/c22-17-7-5-13(11-15(17)20(24)25)19(9-3-1-2-4-10-19)14-6-8-18(23)16(12-14)21(26)27/h5-8,11-12,22-23H,1-4,9-10H2. The summed E-state index contributed by atoms with van der Waals surface area (Å²) in [5.74, 6) is -0.826. The molecule has 3 rings (SSSR count). The van der Waals surface area contributed by atoms with Gasteiger partial charge >= 0.3 is 11.4 Å². The van der Waals surface area contributed by atoms with Gasteiger partial charge in [-0.1, -0.05) is 37.8 Å². The molecule has 2 aromatic rings. The van der Waals surface area contributed by atoms with Crippen molar-refractivity contribution in [3.8, 4) is 11.5 Å². The highest BCUT2D eigenvalue weighted by atomic mass is 16.6. The van der Waals surface area contributed by atoms with E-state index < -0.39 is 26.8 Å². The minimum atomic E-state index is -0.645. The molecule has 0 unspecified atom stereocenters. The van der Waals surface area contributed by atoms with Crippen molar-refractivity contribution in [2.24, 2.45) is 0 Å². The Kier molecular flexibility index (Phi) is 4.98. The molecule has 0 saturated heterocycles. The maximum atomic E-state index is 11.3. The summed E-state index contributed by atoms with van der Waals surface area (Å²) in [5, 5.41) is 42.2. The van der Waals surface area contributed by atoms with Crippen molar-refractivity contribution >= 4 is 11.4 Å². The normalized spacial score (nSPS) is 16.4. The van der Waals surface area contributed by atoms with Gasteiger partial charge in [-0.15, -0.1) is 0 Å². The van der Waals surface area contributed by atoms with Gasteiger partial charge in [0.15, 0.2) is 11.5 Å². The lowest BCUT2D eigenvalue weighted by Crippen LogP contribution is -2.27. The molecule has 0 amide bonds. The molecule has 0 aliphatic heterocycles. The van der Waals surface area contributed by atoms with E-state index in [2.05, 4.69) is 0 Å². The van der Waals surface area contributed by atoms with E-state index in [0.29, 0.717) is 24.0 Å². The minimum absolute atomic E-state index is 0.385. The Morgan fingerprint density at radius 1 is 0.741 bits per heavy atom. The number of nitro groups is 2. The lowest BCUT2D eigenvalue weighted by atomic mass is 9.69. The topological polar surface area (TPSA) is 127 Å². The predicted molar refractivity (Wildman–Crippen MR) is 98.0 cm³/mol. The number of phenols is 2. The van der Waals surface area contributed by atoms with Gasteiger partial charge in [0.05, 0.1) is 9.85 Å². The summed E-state index contributed by atoms with van der Waals surface area (Å²) in [5.41, 5.74) is -0.121. The van der Waals surface area contributed by atoms with Crippen molar-refractivity contribution < 1.29 is 20.1 Å². The van der Waals surface area contributed by atoms with Crippen LogP contribution in [0.15, 0.2) is 36.4 Å². The van der Waals surface area contributed by atoms with E-state index in [9.17, 15) is 30.4 Å². The van der Waals surface area contributed by atoms with E-state index in [1.165, 1.54) is 24.3 Å². The van der Waals surface area contributed by atoms with Gasteiger partial charge in [0, 0.05) is 17.5 Å². The van der Waals surface area contributed by atoms with Crippen LogP contribution in [-0.4, -0.2) is 20.1 Å². The summed E-state index contributed by atoms with van der Waals surface area (Å²) in [6.45, 7) is 0. The molecule has 0 bridgehead atoms. The average Bonchev–Trinajstić information content (AvgIpc) is 2.89. The molecule has 2 N–H and O–H groups in total. The zero-order chi connectivity index (χ0) is 19.6. The predicted octanol–water partition coefficient (Wildman–Crippen LogP) is 4.55. The summed E-state index contributed by atoms with van der Waals surface area (Å²) in [7, 11) is 0. The van der Waals surface area contributed by atoms with Crippen LogP contribution < -0.4 is 0 Å². The van der Waals surface area contributed by atoms with Crippen LogP contribution >= 0.6 is 0 Å². The summed E-state index contributed by atoms with van der Waals surface area (Å²) in [6, 6.07) is 8.61. The molecule has 27 heavy (non-hydrogen) atoms. The molecule has 2 aromatic carbocycles. The van der Waals surface area contributed by atoms with Gasteiger partial charge in [-0.25, -0.2) is 0 Å². The maximum absolute atomic E-state index is 11.3. The fourth-order valence-corrected chi connectivity index (χ4v) is 4.01. The Morgan fingerprint density at radius 2 is 1.15 bits per heavy atom. The summed E-state index contributed by atoms with van der Waals surface area (Å²) in [4.78, 5) is 21.3. The number of benzene rings is 2. The molecule has 1 fully saturated rings. The lowest BCUT2D eigenvalue weighted by Gasteiger charge is -2.34. The van der Waals surface area contributed by atoms with Gasteiger partial charge in [-0.05, 0) is 36.1 Å². The fraction of sp³-hybridized carbons (Fsp3) is 0.368. The highest BCUT2D eigenvalue weighted by Gasteiger charge is 2.37. The Hall–Kier alpha value is -3.16.